The summed E-state index contributed by atoms with van der Waals surface area (Å²) in [5, 5.41) is 0. The van der Waals surface area contributed by atoms with E-state index in [-0.39, 0.29) is 24.7 Å². The van der Waals surface area contributed by atoms with Crippen molar-refractivity contribution < 1.29 is 21.8 Å². The molecule has 2 aromatic rings. The first kappa shape index (κ1) is 15.5. The molecule has 104 valence electrons. The lowest BCUT2D eigenvalue weighted by Gasteiger charge is -2.00. The lowest BCUT2D eigenvalue weighted by molar-refractivity contribution is -0.678. The number of hydrogen-bond acceptors (Lipinski definition) is 1. The molecule has 0 aliphatic heterocycles. The number of carbonyl (C=O) groups excluding carboxylic acids is 1. The van der Waals surface area contributed by atoms with Crippen LogP contribution in [0.2, 0.25) is 0 Å². The molecule has 1 amide bonds. The van der Waals surface area contributed by atoms with Gasteiger partial charge in [-0.1, -0.05) is 25.5 Å². The average molecular weight is 282 g/mol. The number of carbonyl (C=O) groups is 1. The van der Waals surface area contributed by atoms with Crippen LogP contribution >= 0.6 is 0 Å². The number of imidazole rings is 1. The molecule has 0 aliphatic carbocycles. The minimum absolute atomic E-state index is 0. The van der Waals surface area contributed by atoms with Gasteiger partial charge in [-0.3, -0.25) is 4.79 Å². The number of rotatable bonds is 6. The van der Waals surface area contributed by atoms with Crippen molar-refractivity contribution in [1.82, 2.24) is 4.98 Å². The molecule has 0 unspecified atom stereocenters. The van der Waals surface area contributed by atoms with Crippen molar-refractivity contribution in [3.63, 3.8) is 0 Å². The molecule has 0 spiro atoms. The lowest BCUT2D eigenvalue weighted by atomic mass is 10.2. The smallest absolute Gasteiger partial charge is 0.264 e. The first-order chi connectivity index (χ1) is 8.72. The normalized spacial score (nSPS) is 10.4. The summed E-state index contributed by atoms with van der Waals surface area (Å²) in [4.78, 5) is 14.4. The quantitative estimate of drug-likeness (QED) is 0.501. The molecule has 4 nitrogen and oxygen atoms in total. The number of para-hydroxylation sites is 2. The number of hydrogen-bond donors (Lipinski definition) is 2. The van der Waals surface area contributed by atoms with Crippen LogP contribution in [-0.4, -0.2) is 10.9 Å². The van der Waals surface area contributed by atoms with Gasteiger partial charge in [0.05, 0.1) is 6.54 Å². The second kappa shape index (κ2) is 7.14. The molecule has 5 heteroatoms. The number of benzene rings is 1. The van der Waals surface area contributed by atoms with Crippen molar-refractivity contribution in [3.8, 4) is 0 Å². The summed E-state index contributed by atoms with van der Waals surface area (Å²) in [5.74, 6) is 0.602. The monoisotopic (exact) mass is 281 g/mol. The van der Waals surface area contributed by atoms with E-state index in [0.29, 0.717) is 0 Å². The zero-order valence-corrected chi connectivity index (χ0v) is 11.9. The molecule has 0 atom stereocenters. The Hall–Kier alpha value is -1.55. The van der Waals surface area contributed by atoms with Gasteiger partial charge in [-0.15, -0.1) is 0 Å². The zero-order chi connectivity index (χ0) is 13.0. The summed E-state index contributed by atoms with van der Waals surface area (Å²) < 4.78 is 2.18. The third kappa shape index (κ3) is 3.70. The minimum atomic E-state index is -0.300. The maximum atomic E-state index is 11.1. The first-order valence-electron chi connectivity index (χ1n) is 6.50. The summed E-state index contributed by atoms with van der Waals surface area (Å²) in [5.41, 5.74) is 7.50. The fraction of sp³-hybridized carbons (Fsp3) is 0.429. The number of H-pyrrole nitrogens is 1. The maximum absolute atomic E-state index is 11.1. The molecule has 1 aromatic carbocycles. The van der Waals surface area contributed by atoms with Crippen molar-refractivity contribution in [2.45, 2.75) is 39.2 Å². The number of aryl methyl sites for hydroxylation is 1. The fourth-order valence-electron chi connectivity index (χ4n) is 2.26. The highest BCUT2D eigenvalue weighted by Gasteiger charge is 2.19. The molecule has 0 fully saturated rings. The van der Waals surface area contributed by atoms with Crippen LogP contribution in [0.25, 0.3) is 11.0 Å². The van der Waals surface area contributed by atoms with Crippen molar-refractivity contribution in [2.75, 3.05) is 0 Å². The van der Waals surface area contributed by atoms with Crippen LogP contribution in [0.3, 0.4) is 0 Å². The number of nitrogens with one attached hydrogen (secondary N) is 1. The van der Waals surface area contributed by atoms with Gasteiger partial charge in [0.1, 0.15) is 6.42 Å². The van der Waals surface area contributed by atoms with Gasteiger partial charge in [-0.05, 0) is 25.0 Å². The first-order valence-corrected chi connectivity index (χ1v) is 6.50. The highest BCUT2D eigenvalue weighted by atomic mass is 35.5. The van der Waals surface area contributed by atoms with E-state index < -0.39 is 0 Å². The molecule has 0 radical (unpaired) electrons. The molecule has 0 saturated heterocycles. The van der Waals surface area contributed by atoms with Gasteiger partial charge in [0.25, 0.3) is 5.82 Å². The van der Waals surface area contributed by atoms with Crippen LogP contribution in [0.15, 0.2) is 24.3 Å². The van der Waals surface area contributed by atoms with Gasteiger partial charge in [0.15, 0.2) is 11.0 Å². The van der Waals surface area contributed by atoms with Crippen molar-refractivity contribution >= 4 is 16.9 Å². The number of halogens is 1. The fourth-order valence-corrected chi connectivity index (χ4v) is 2.26. The predicted molar refractivity (Wildman–Crippen MR) is 70.9 cm³/mol. The van der Waals surface area contributed by atoms with E-state index in [1.54, 1.807) is 0 Å². The van der Waals surface area contributed by atoms with Gasteiger partial charge >= 0.3 is 0 Å². The van der Waals surface area contributed by atoms with Gasteiger partial charge < -0.3 is 18.1 Å². The van der Waals surface area contributed by atoms with E-state index in [2.05, 4.69) is 22.5 Å². The largest absolute Gasteiger partial charge is 1.00 e. The standard InChI is InChI=1S/C14H19N3O.ClH/c1-2-3-6-9-17-12-8-5-4-7-11(12)16-14(17)10-13(15)18;/h4-5,7-8H,2-3,6,9-10H2,1H3,(H2,15,18);1H. The van der Waals surface area contributed by atoms with Gasteiger partial charge in [-0.2, -0.15) is 0 Å². The number of fused-ring (bicyclic) bond motifs is 1. The van der Waals surface area contributed by atoms with Crippen molar-refractivity contribution in [1.29, 1.82) is 0 Å². The number of aromatic nitrogens is 2. The summed E-state index contributed by atoms with van der Waals surface area (Å²) in [6.07, 6.45) is 3.77. The van der Waals surface area contributed by atoms with E-state index in [1.165, 1.54) is 12.8 Å². The topological polar surface area (TPSA) is 62.8 Å². The van der Waals surface area contributed by atoms with Crippen LogP contribution in [0.5, 0.6) is 0 Å². The third-order valence-corrected chi connectivity index (χ3v) is 3.13. The second-order valence-corrected chi connectivity index (χ2v) is 4.59. The van der Waals surface area contributed by atoms with Crippen LogP contribution in [0.4, 0.5) is 0 Å². The third-order valence-electron chi connectivity index (χ3n) is 3.13. The van der Waals surface area contributed by atoms with Crippen LogP contribution < -0.4 is 22.7 Å². The molecular weight excluding hydrogens is 262 g/mol. The Morgan fingerprint density at radius 3 is 2.74 bits per heavy atom. The summed E-state index contributed by atoms with van der Waals surface area (Å²) in [6, 6.07) is 8.10. The van der Waals surface area contributed by atoms with E-state index in [1.807, 2.05) is 18.2 Å². The Labute approximate surface area is 119 Å². The Kier molecular flexibility index (Phi) is 5.83. The van der Waals surface area contributed by atoms with Crippen LogP contribution in [-0.2, 0) is 17.8 Å². The molecule has 2 rings (SSSR count). The predicted octanol–water partition coefficient (Wildman–Crippen LogP) is -1.32. The van der Waals surface area contributed by atoms with Crippen molar-refractivity contribution in [3.05, 3.63) is 30.1 Å². The van der Waals surface area contributed by atoms with Gasteiger partial charge in [-0.25, -0.2) is 9.55 Å². The van der Waals surface area contributed by atoms with Gasteiger partial charge in [0, 0.05) is 0 Å². The number of nitrogens with two attached hydrogens (primary N) is 1. The molecule has 0 aliphatic rings. The van der Waals surface area contributed by atoms with E-state index in [4.69, 9.17) is 5.73 Å². The Balaban J connectivity index is 0.00000180. The average Bonchev–Trinajstić information content (AvgIpc) is 2.67. The zero-order valence-electron chi connectivity index (χ0n) is 11.2. The van der Waals surface area contributed by atoms with Crippen LogP contribution in [0.1, 0.15) is 32.0 Å². The minimum Gasteiger partial charge on any atom is -1.00 e. The lowest BCUT2D eigenvalue weighted by Crippen LogP contribution is -3.00. The molecule has 3 N–H and O–H groups in total. The van der Waals surface area contributed by atoms with Crippen molar-refractivity contribution in [2.24, 2.45) is 5.73 Å². The number of nitrogens with zero attached hydrogens (tertiary/aromatic N) is 1. The van der Waals surface area contributed by atoms with Gasteiger partial charge in [0.2, 0.25) is 5.91 Å². The SMILES string of the molecule is CCCCC[n+]1c(CC(N)=O)[nH]c2ccccc21.[Cl-]. The molecule has 1 heterocycles. The number of aromatic amines is 1. The molecule has 1 aromatic heterocycles. The number of unbranched alkanes of at least 4 members (excludes halogenated alkanes) is 2. The second-order valence-electron chi connectivity index (χ2n) is 4.59. The maximum Gasteiger partial charge on any atom is 0.264 e. The van der Waals surface area contributed by atoms with Crippen LogP contribution in [0, 0.1) is 0 Å². The number of amides is 1. The molecule has 0 saturated carbocycles. The number of primary amides is 1. The van der Waals surface area contributed by atoms with E-state index in [9.17, 15) is 4.79 Å². The Morgan fingerprint density at radius 2 is 2.05 bits per heavy atom. The highest BCUT2D eigenvalue weighted by Crippen LogP contribution is 2.10. The Morgan fingerprint density at radius 1 is 1.32 bits per heavy atom. The summed E-state index contributed by atoms with van der Waals surface area (Å²) in [7, 11) is 0. The molecular formula is C14H20ClN3O. The van der Waals surface area contributed by atoms with E-state index >= 15 is 0 Å². The highest BCUT2D eigenvalue weighted by molar-refractivity contribution is 5.77. The summed E-state index contributed by atoms with van der Waals surface area (Å²) in [6.45, 7) is 3.12. The van der Waals surface area contributed by atoms with E-state index in [0.717, 1.165) is 29.8 Å². The summed E-state index contributed by atoms with van der Waals surface area (Å²) >= 11 is 0. The Bertz CT molecular complexity index is 551. The molecule has 0 bridgehead atoms. The molecule has 19 heavy (non-hydrogen) atoms.